The molecule has 0 N–H and O–H groups in total. The van der Waals surface area contributed by atoms with Gasteiger partial charge in [0.05, 0.1) is 31.6 Å². The van der Waals surface area contributed by atoms with Crippen LogP contribution in [0.3, 0.4) is 0 Å². The summed E-state index contributed by atoms with van der Waals surface area (Å²) in [4.78, 5) is 25.6. The molecular weight excluding hydrogens is 611 g/mol. The van der Waals surface area contributed by atoms with Crippen molar-refractivity contribution in [1.29, 1.82) is 0 Å². The molecular formula is C37H53NO6Si2. The van der Waals surface area contributed by atoms with Crippen LogP contribution in [0.2, 0.25) is 23.2 Å². The molecule has 0 aliphatic carbocycles. The van der Waals surface area contributed by atoms with Gasteiger partial charge in [-0.25, -0.2) is 0 Å². The topological polar surface area (TPSA) is 76.0 Å². The highest BCUT2D eigenvalue weighted by atomic mass is 28.4. The molecule has 2 atom stereocenters. The summed E-state index contributed by atoms with van der Waals surface area (Å²) in [7, 11) is -4.84. The standard InChI is InChI=1S/C37H53NO6Si2/c1-35(2,3)45(9,10)41-26-29-22-21-28(25-39)38(29)24-30(40)23-33-34(44-37(7,8)43-33)27-42-46(36(4,5)6,31-17-13-11-14-18-31)32-19-15-12-16-20-32/h11-22,25,33-34H,23-24,26-27H2,1-10H3/t33-,34+/m0/s1. The smallest absolute Gasteiger partial charge is 0.261 e. The number of benzene rings is 2. The lowest BCUT2D eigenvalue weighted by molar-refractivity contribution is -0.150. The predicted octanol–water partition coefficient (Wildman–Crippen LogP) is 6.88. The van der Waals surface area contributed by atoms with E-state index < -0.39 is 34.6 Å². The Kier molecular flexibility index (Phi) is 10.9. The van der Waals surface area contributed by atoms with Gasteiger partial charge in [0, 0.05) is 12.1 Å². The third-order valence-corrected chi connectivity index (χ3v) is 19.0. The first-order chi connectivity index (χ1) is 21.4. The van der Waals surface area contributed by atoms with E-state index in [4.69, 9.17) is 18.3 Å². The quantitative estimate of drug-likeness (QED) is 0.147. The van der Waals surface area contributed by atoms with Gasteiger partial charge in [0.15, 0.2) is 26.2 Å². The first-order valence-corrected chi connectivity index (χ1v) is 21.1. The van der Waals surface area contributed by atoms with Gasteiger partial charge in [-0.3, -0.25) is 9.59 Å². The van der Waals surface area contributed by atoms with Gasteiger partial charge in [-0.1, -0.05) is 102 Å². The van der Waals surface area contributed by atoms with Gasteiger partial charge in [0.2, 0.25) is 0 Å². The maximum atomic E-state index is 13.7. The van der Waals surface area contributed by atoms with Crippen LogP contribution >= 0.6 is 0 Å². The summed E-state index contributed by atoms with van der Waals surface area (Å²) in [6.45, 7) is 22.1. The summed E-state index contributed by atoms with van der Waals surface area (Å²) in [6.07, 6.45) is -0.0147. The number of aromatic nitrogens is 1. The van der Waals surface area contributed by atoms with Crippen LogP contribution < -0.4 is 10.4 Å². The number of hydrogen-bond acceptors (Lipinski definition) is 6. The van der Waals surface area contributed by atoms with Crippen LogP contribution in [0.1, 0.15) is 78.0 Å². The molecule has 0 bridgehead atoms. The Labute approximate surface area is 277 Å². The first kappa shape index (κ1) is 36.2. The van der Waals surface area contributed by atoms with Crippen molar-refractivity contribution in [2.75, 3.05) is 6.61 Å². The average molecular weight is 664 g/mol. The summed E-state index contributed by atoms with van der Waals surface area (Å²) >= 11 is 0. The fourth-order valence-corrected chi connectivity index (χ4v) is 11.6. The molecule has 1 aromatic heterocycles. The van der Waals surface area contributed by atoms with E-state index in [1.165, 1.54) is 10.4 Å². The fraction of sp³-hybridized carbons (Fsp3) is 0.514. The van der Waals surface area contributed by atoms with Gasteiger partial charge >= 0.3 is 0 Å². The molecule has 0 saturated carbocycles. The Morgan fingerprint density at radius 2 is 1.37 bits per heavy atom. The van der Waals surface area contributed by atoms with Crippen molar-refractivity contribution < 1.29 is 27.9 Å². The van der Waals surface area contributed by atoms with Crippen LogP contribution in [0, 0.1) is 0 Å². The van der Waals surface area contributed by atoms with Crippen LogP contribution in [0.5, 0.6) is 0 Å². The zero-order valence-electron chi connectivity index (χ0n) is 29.4. The summed E-state index contributed by atoms with van der Waals surface area (Å²) in [5.41, 5.74) is 1.27. The highest BCUT2D eigenvalue weighted by Gasteiger charge is 2.52. The Morgan fingerprint density at radius 3 is 1.87 bits per heavy atom. The van der Waals surface area contributed by atoms with E-state index >= 15 is 0 Å². The molecule has 46 heavy (non-hydrogen) atoms. The average Bonchev–Trinajstić information content (AvgIpc) is 3.49. The molecule has 1 aliphatic rings. The predicted molar refractivity (Wildman–Crippen MR) is 189 cm³/mol. The van der Waals surface area contributed by atoms with E-state index in [0.29, 0.717) is 12.3 Å². The molecule has 0 radical (unpaired) electrons. The summed E-state index contributed by atoms with van der Waals surface area (Å²) < 4.78 is 28.1. The largest absolute Gasteiger partial charge is 0.411 e. The zero-order valence-corrected chi connectivity index (χ0v) is 31.4. The molecule has 0 unspecified atom stereocenters. The van der Waals surface area contributed by atoms with Crippen molar-refractivity contribution in [2.45, 2.75) is 116 Å². The van der Waals surface area contributed by atoms with Crippen molar-refractivity contribution >= 4 is 39.1 Å². The van der Waals surface area contributed by atoms with E-state index in [1.54, 1.807) is 10.6 Å². The maximum absolute atomic E-state index is 13.7. The van der Waals surface area contributed by atoms with Gasteiger partial charge in [-0.2, -0.15) is 0 Å². The Morgan fingerprint density at radius 1 is 0.826 bits per heavy atom. The van der Waals surface area contributed by atoms with Crippen LogP contribution in [-0.2, 0) is 36.3 Å². The maximum Gasteiger partial charge on any atom is 0.261 e. The number of ether oxygens (including phenoxy) is 2. The summed E-state index contributed by atoms with van der Waals surface area (Å²) in [5, 5.41) is 2.21. The van der Waals surface area contributed by atoms with Gasteiger partial charge in [-0.15, -0.1) is 0 Å². The van der Waals surface area contributed by atoms with Gasteiger partial charge in [-0.05, 0) is 59.5 Å². The normalized spacial score (nSPS) is 18.9. The van der Waals surface area contributed by atoms with Crippen LogP contribution in [0.25, 0.3) is 0 Å². The molecule has 250 valence electrons. The molecule has 3 aromatic rings. The summed E-state index contributed by atoms with van der Waals surface area (Å²) in [5.74, 6) is -0.914. The van der Waals surface area contributed by atoms with Crippen LogP contribution in [0.4, 0.5) is 0 Å². The minimum absolute atomic E-state index is 0.0466. The van der Waals surface area contributed by atoms with Gasteiger partial charge in [0.1, 0.15) is 6.10 Å². The highest BCUT2D eigenvalue weighted by Crippen LogP contribution is 2.39. The third-order valence-electron chi connectivity index (χ3n) is 9.54. The molecule has 7 nitrogen and oxygen atoms in total. The monoisotopic (exact) mass is 663 g/mol. The van der Waals surface area contributed by atoms with Crippen LogP contribution in [-0.4, -0.2) is 57.9 Å². The van der Waals surface area contributed by atoms with Crippen molar-refractivity contribution in [3.63, 3.8) is 0 Å². The molecule has 9 heteroatoms. The Hall–Kier alpha value is -2.67. The summed E-state index contributed by atoms with van der Waals surface area (Å²) in [6, 6.07) is 24.6. The van der Waals surface area contributed by atoms with E-state index in [1.807, 2.05) is 32.0 Å². The lowest BCUT2D eigenvalue weighted by Gasteiger charge is -2.43. The highest BCUT2D eigenvalue weighted by molar-refractivity contribution is 6.99. The second kappa shape index (κ2) is 13.8. The molecule has 1 aliphatic heterocycles. The van der Waals surface area contributed by atoms with Crippen molar-refractivity contribution in [1.82, 2.24) is 4.57 Å². The number of hydrogen-bond donors (Lipinski definition) is 0. The molecule has 2 aromatic carbocycles. The lowest BCUT2D eigenvalue weighted by Crippen LogP contribution is -2.67. The zero-order chi connectivity index (χ0) is 34.0. The Bertz CT molecular complexity index is 1430. The first-order valence-electron chi connectivity index (χ1n) is 16.3. The number of ketones is 1. The molecule has 1 fully saturated rings. The van der Waals surface area contributed by atoms with Crippen molar-refractivity contribution in [3.05, 3.63) is 84.2 Å². The third kappa shape index (κ3) is 7.89. The van der Waals surface area contributed by atoms with E-state index in [-0.39, 0.29) is 35.4 Å². The van der Waals surface area contributed by atoms with Crippen LogP contribution in [0.15, 0.2) is 72.8 Å². The van der Waals surface area contributed by atoms with Crippen molar-refractivity contribution in [2.24, 2.45) is 0 Å². The van der Waals surface area contributed by atoms with E-state index in [2.05, 4.69) is 103 Å². The SMILES string of the molecule is CC1(C)O[C@@H](CC(=O)Cn2c(C=O)ccc2CO[Si](C)(C)C(C)(C)C)[C@@H](CO[Si](c2ccccc2)(c2ccccc2)C(C)(C)C)O1. The van der Waals surface area contributed by atoms with E-state index in [9.17, 15) is 9.59 Å². The lowest BCUT2D eigenvalue weighted by atomic mass is 10.1. The van der Waals surface area contributed by atoms with Gasteiger partial charge in [0.25, 0.3) is 8.32 Å². The number of carbonyl (C=O) groups is 2. The minimum atomic E-state index is -2.82. The number of rotatable bonds is 13. The number of Topliss-reactive ketones (excluding diaryl/α,β-unsaturated/α-hetero) is 1. The van der Waals surface area contributed by atoms with Crippen molar-refractivity contribution in [3.8, 4) is 0 Å². The fourth-order valence-electron chi connectivity index (χ4n) is 6.08. The number of aldehydes is 1. The molecule has 0 spiro atoms. The molecule has 1 saturated heterocycles. The van der Waals surface area contributed by atoms with E-state index in [0.717, 1.165) is 12.0 Å². The Balaban J connectivity index is 1.55. The number of carbonyl (C=O) groups excluding carboxylic acids is 2. The second-order valence-electron chi connectivity index (χ2n) is 15.4. The molecule has 4 rings (SSSR count). The molecule has 0 amide bonds. The van der Waals surface area contributed by atoms with Gasteiger partial charge < -0.3 is 22.9 Å². The molecule has 2 heterocycles. The number of nitrogens with zero attached hydrogens (tertiary/aromatic N) is 1. The minimum Gasteiger partial charge on any atom is -0.411 e. The second-order valence-corrected chi connectivity index (χ2v) is 24.5.